The van der Waals surface area contributed by atoms with Gasteiger partial charge in [0.25, 0.3) is 0 Å². The van der Waals surface area contributed by atoms with Crippen molar-refractivity contribution in [1.82, 2.24) is 19.0 Å². The average molecular weight is 480 g/mol. The molecule has 2 atom stereocenters. The van der Waals surface area contributed by atoms with Crippen LogP contribution in [0.2, 0.25) is 0 Å². The maximum absolute atomic E-state index is 13.1. The van der Waals surface area contributed by atoms with E-state index in [2.05, 4.69) is 21.6 Å². The van der Waals surface area contributed by atoms with Crippen molar-refractivity contribution in [2.75, 3.05) is 31.1 Å². The minimum atomic E-state index is -3.72. The molecule has 2 heterocycles. The molecule has 1 aliphatic heterocycles. The molecule has 0 spiro atoms. The summed E-state index contributed by atoms with van der Waals surface area (Å²) in [6.07, 6.45) is 7.29. The Hall–Kier alpha value is -2.08. The molecule has 1 aromatic carbocycles. The first-order valence-electron chi connectivity index (χ1n) is 10.9. The highest BCUT2D eigenvalue weighted by atomic mass is 32.2. The van der Waals surface area contributed by atoms with E-state index in [1.54, 1.807) is 18.5 Å². The summed E-state index contributed by atoms with van der Waals surface area (Å²) in [5, 5.41) is 0. The standard InChI is InChI=1S/C21H29N5O4S2/c1-17-5-2-3-6-20(17)24-31(27,28)18-7-9-19(10-8-18)32(29,30)26-15-13-25(14-16-26)21-22-11-4-12-23-21/h4,7-12,17,20,24H,2-3,5-6,13-16H2,1H3/t17-,20-/m0/s1. The molecule has 11 heteroatoms. The number of rotatable bonds is 6. The lowest BCUT2D eigenvalue weighted by molar-refractivity contribution is 0.310. The van der Waals surface area contributed by atoms with Crippen LogP contribution in [0.15, 0.2) is 52.5 Å². The monoisotopic (exact) mass is 479 g/mol. The van der Waals surface area contributed by atoms with E-state index < -0.39 is 20.0 Å². The van der Waals surface area contributed by atoms with E-state index in [-0.39, 0.29) is 21.8 Å². The van der Waals surface area contributed by atoms with Crippen LogP contribution in [0, 0.1) is 5.92 Å². The first-order valence-corrected chi connectivity index (χ1v) is 13.8. The zero-order valence-corrected chi connectivity index (χ0v) is 19.7. The summed E-state index contributed by atoms with van der Waals surface area (Å²) in [5.41, 5.74) is 0. The molecule has 174 valence electrons. The van der Waals surface area contributed by atoms with Gasteiger partial charge in [0.2, 0.25) is 26.0 Å². The molecule has 0 unspecified atom stereocenters. The van der Waals surface area contributed by atoms with Gasteiger partial charge < -0.3 is 4.90 Å². The molecule has 0 amide bonds. The molecule has 1 aliphatic carbocycles. The minimum Gasteiger partial charge on any atom is -0.338 e. The van der Waals surface area contributed by atoms with Crippen LogP contribution in [0.3, 0.4) is 0 Å². The molecule has 2 aromatic rings. The number of aromatic nitrogens is 2. The van der Waals surface area contributed by atoms with Gasteiger partial charge in [0.05, 0.1) is 9.79 Å². The van der Waals surface area contributed by atoms with Crippen molar-refractivity contribution in [3.8, 4) is 0 Å². The van der Waals surface area contributed by atoms with E-state index in [0.29, 0.717) is 32.1 Å². The lowest BCUT2D eigenvalue weighted by Crippen LogP contribution is -2.49. The Morgan fingerprint density at radius 3 is 2.09 bits per heavy atom. The average Bonchev–Trinajstić information content (AvgIpc) is 2.81. The van der Waals surface area contributed by atoms with Gasteiger partial charge in [0.1, 0.15) is 0 Å². The number of hydrogen-bond acceptors (Lipinski definition) is 7. The van der Waals surface area contributed by atoms with Crippen LogP contribution >= 0.6 is 0 Å². The van der Waals surface area contributed by atoms with Gasteiger partial charge in [-0.1, -0.05) is 19.8 Å². The quantitative estimate of drug-likeness (QED) is 0.673. The van der Waals surface area contributed by atoms with Crippen molar-refractivity contribution in [2.24, 2.45) is 5.92 Å². The van der Waals surface area contributed by atoms with Gasteiger partial charge in [-0.3, -0.25) is 0 Å². The van der Waals surface area contributed by atoms with E-state index in [0.717, 1.165) is 25.7 Å². The van der Waals surface area contributed by atoms with Crippen molar-refractivity contribution in [3.63, 3.8) is 0 Å². The maximum Gasteiger partial charge on any atom is 0.243 e. The summed E-state index contributed by atoms with van der Waals surface area (Å²) in [7, 11) is -7.41. The van der Waals surface area contributed by atoms with Gasteiger partial charge >= 0.3 is 0 Å². The Kier molecular flexibility index (Phi) is 6.80. The van der Waals surface area contributed by atoms with Crippen LogP contribution < -0.4 is 9.62 Å². The van der Waals surface area contributed by atoms with Crippen LogP contribution in [0.1, 0.15) is 32.6 Å². The molecular formula is C21H29N5O4S2. The van der Waals surface area contributed by atoms with Crippen molar-refractivity contribution < 1.29 is 16.8 Å². The summed E-state index contributed by atoms with van der Waals surface area (Å²) in [4.78, 5) is 10.5. The van der Waals surface area contributed by atoms with E-state index in [1.807, 2.05) is 4.90 Å². The molecule has 9 nitrogen and oxygen atoms in total. The SMILES string of the molecule is C[C@H]1CCCC[C@@H]1NS(=O)(=O)c1ccc(S(=O)(=O)N2CCN(c3ncccn3)CC2)cc1. The first-order chi connectivity index (χ1) is 15.3. The number of benzene rings is 1. The van der Waals surface area contributed by atoms with Crippen molar-refractivity contribution in [2.45, 2.75) is 48.4 Å². The molecule has 1 saturated carbocycles. The predicted molar refractivity (Wildman–Crippen MR) is 121 cm³/mol. The van der Waals surface area contributed by atoms with Crippen LogP contribution in [0.25, 0.3) is 0 Å². The number of nitrogens with zero attached hydrogens (tertiary/aromatic N) is 4. The van der Waals surface area contributed by atoms with Gasteiger partial charge in [-0.2, -0.15) is 4.31 Å². The van der Waals surface area contributed by atoms with Crippen molar-refractivity contribution >= 4 is 26.0 Å². The lowest BCUT2D eigenvalue weighted by Gasteiger charge is -2.33. The van der Waals surface area contributed by atoms with Gasteiger partial charge in [0, 0.05) is 44.6 Å². The van der Waals surface area contributed by atoms with Crippen molar-refractivity contribution in [1.29, 1.82) is 0 Å². The third-order valence-electron chi connectivity index (χ3n) is 6.26. The number of piperazine rings is 1. The van der Waals surface area contributed by atoms with Gasteiger partial charge in [-0.15, -0.1) is 0 Å². The molecule has 1 N–H and O–H groups in total. The number of hydrogen-bond donors (Lipinski definition) is 1. The molecule has 2 aliphatic rings. The fraction of sp³-hybridized carbons (Fsp3) is 0.524. The largest absolute Gasteiger partial charge is 0.338 e. The predicted octanol–water partition coefficient (Wildman–Crippen LogP) is 1.84. The number of anilines is 1. The summed E-state index contributed by atoms with van der Waals surface area (Å²) < 4.78 is 55.9. The second-order valence-electron chi connectivity index (χ2n) is 8.40. The molecule has 2 fully saturated rings. The Morgan fingerprint density at radius 2 is 1.47 bits per heavy atom. The van der Waals surface area contributed by atoms with Crippen LogP contribution in [0.5, 0.6) is 0 Å². The number of nitrogens with one attached hydrogen (secondary N) is 1. The highest BCUT2D eigenvalue weighted by Gasteiger charge is 2.30. The highest BCUT2D eigenvalue weighted by molar-refractivity contribution is 7.89. The van der Waals surface area contributed by atoms with Gasteiger partial charge in [-0.05, 0) is 49.1 Å². The molecule has 32 heavy (non-hydrogen) atoms. The Bertz CT molecular complexity index is 1120. The molecule has 1 aromatic heterocycles. The molecular weight excluding hydrogens is 450 g/mol. The van der Waals surface area contributed by atoms with Crippen LogP contribution in [-0.2, 0) is 20.0 Å². The summed E-state index contributed by atoms with van der Waals surface area (Å²) in [6.45, 7) is 3.65. The zero-order valence-electron chi connectivity index (χ0n) is 18.1. The minimum absolute atomic E-state index is 0.0814. The third-order valence-corrected chi connectivity index (χ3v) is 9.68. The summed E-state index contributed by atoms with van der Waals surface area (Å²) in [5.74, 6) is 0.872. The number of sulfonamides is 2. The summed E-state index contributed by atoms with van der Waals surface area (Å²) in [6, 6.07) is 7.15. The maximum atomic E-state index is 13.1. The third kappa shape index (κ3) is 4.95. The first kappa shape index (κ1) is 23.1. The normalized spacial score (nSPS) is 23.2. The Morgan fingerprint density at radius 1 is 0.875 bits per heavy atom. The van der Waals surface area contributed by atoms with E-state index in [1.165, 1.54) is 28.6 Å². The molecule has 1 saturated heterocycles. The van der Waals surface area contributed by atoms with Gasteiger partial charge in [-0.25, -0.2) is 31.5 Å². The molecule has 4 rings (SSSR count). The fourth-order valence-electron chi connectivity index (χ4n) is 4.28. The van der Waals surface area contributed by atoms with Crippen LogP contribution in [0.4, 0.5) is 5.95 Å². The lowest BCUT2D eigenvalue weighted by atomic mass is 9.87. The van der Waals surface area contributed by atoms with Crippen molar-refractivity contribution in [3.05, 3.63) is 42.7 Å². The van der Waals surface area contributed by atoms with E-state index in [9.17, 15) is 16.8 Å². The summed E-state index contributed by atoms with van der Waals surface area (Å²) >= 11 is 0. The second-order valence-corrected chi connectivity index (χ2v) is 12.1. The van der Waals surface area contributed by atoms with E-state index in [4.69, 9.17) is 0 Å². The Labute approximate surface area is 190 Å². The fourth-order valence-corrected chi connectivity index (χ4v) is 7.08. The molecule has 0 radical (unpaired) electrons. The Balaban J connectivity index is 1.43. The highest BCUT2D eigenvalue weighted by Crippen LogP contribution is 2.26. The smallest absolute Gasteiger partial charge is 0.243 e. The van der Waals surface area contributed by atoms with E-state index >= 15 is 0 Å². The zero-order chi connectivity index (χ0) is 22.8. The molecule has 0 bridgehead atoms. The van der Waals surface area contributed by atoms with Crippen LogP contribution in [-0.4, -0.2) is 63.3 Å². The van der Waals surface area contributed by atoms with Gasteiger partial charge in [0.15, 0.2) is 0 Å². The topological polar surface area (TPSA) is 113 Å². The second kappa shape index (κ2) is 9.42.